The molecule has 18 heteroatoms. The molecule has 3 N–H and O–H groups in total. The van der Waals surface area contributed by atoms with E-state index in [2.05, 4.69) is 41.9 Å². The Labute approximate surface area is 444 Å². The second-order valence-electron chi connectivity index (χ2n) is 21.2. The molecule has 2 bridgehead atoms. The highest BCUT2D eigenvalue weighted by molar-refractivity contribution is 7.22. The van der Waals surface area contributed by atoms with Crippen LogP contribution in [0.4, 0.5) is 16.6 Å². The first-order chi connectivity index (χ1) is 36.6. The van der Waals surface area contributed by atoms with E-state index in [9.17, 15) is 24.0 Å². The summed E-state index contributed by atoms with van der Waals surface area (Å²) in [5, 5.41) is 14.5. The molecular weight excluding hydrogens is 983 g/mol. The summed E-state index contributed by atoms with van der Waals surface area (Å²) in [7, 11) is 1.81. The van der Waals surface area contributed by atoms with Crippen LogP contribution in [0.5, 0.6) is 5.75 Å². The third-order valence-corrected chi connectivity index (χ3v) is 15.9. The minimum absolute atomic E-state index is 0.0428. The molecule has 3 aromatic heterocycles. The lowest BCUT2D eigenvalue weighted by molar-refractivity contribution is -0.134. The van der Waals surface area contributed by atoms with E-state index in [0.717, 1.165) is 69.1 Å². The summed E-state index contributed by atoms with van der Waals surface area (Å²) in [6.07, 6.45) is 5.07. The van der Waals surface area contributed by atoms with E-state index in [4.69, 9.17) is 19.2 Å². The van der Waals surface area contributed by atoms with Crippen molar-refractivity contribution in [3.63, 3.8) is 0 Å². The number of aryl methyl sites for hydroxylation is 1. The largest absolute Gasteiger partial charge is 0.491 e. The van der Waals surface area contributed by atoms with Gasteiger partial charge in [-0.05, 0) is 143 Å². The number of carbonyl (C=O) groups excluding carboxylic acids is 5. The lowest BCUT2D eigenvalue weighted by Gasteiger charge is -2.38. The molecular formula is C58H61N9O8S. The van der Waals surface area contributed by atoms with Gasteiger partial charge in [-0.2, -0.15) is 5.10 Å². The minimum atomic E-state index is -0.765. The van der Waals surface area contributed by atoms with Crippen molar-refractivity contribution in [3.8, 4) is 16.9 Å². The summed E-state index contributed by atoms with van der Waals surface area (Å²) >= 11 is 1.44. The molecule has 7 aromatic rings. The minimum Gasteiger partial charge on any atom is -0.491 e. The molecule has 0 aliphatic carbocycles. The van der Waals surface area contributed by atoms with Gasteiger partial charge in [-0.3, -0.25) is 39.4 Å². The van der Waals surface area contributed by atoms with Crippen LogP contribution in [-0.4, -0.2) is 104 Å². The maximum Gasteiger partial charge on any atom is 0.358 e. The molecule has 7 heterocycles. The summed E-state index contributed by atoms with van der Waals surface area (Å²) < 4.78 is 21.5. The number of amides is 4. The van der Waals surface area contributed by atoms with Crippen molar-refractivity contribution in [2.75, 3.05) is 41.8 Å². The molecule has 17 nitrogen and oxygen atoms in total. The smallest absolute Gasteiger partial charge is 0.358 e. The zero-order chi connectivity index (χ0) is 52.8. The number of ether oxygens (including phenoxy) is 3. The van der Waals surface area contributed by atoms with Crippen molar-refractivity contribution < 1.29 is 38.2 Å². The summed E-state index contributed by atoms with van der Waals surface area (Å²) in [6.45, 7) is 9.54. The molecule has 4 aliphatic heterocycles. The number of hydrogen-bond acceptors (Lipinski definition) is 14. The fraction of sp³-hybridized carbons (Fsp3) is 0.379. The molecule has 4 aliphatic rings. The van der Waals surface area contributed by atoms with Crippen LogP contribution >= 0.6 is 11.3 Å². The number of anilines is 3. The Morgan fingerprint density at radius 1 is 0.855 bits per heavy atom. The molecule has 4 amide bonds. The van der Waals surface area contributed by atoms with Crippen LogP contribution in [0.2, 0.25) is 0 Å². The van der Waals surface area contributed by atoms with Gasteiger partial charge in [-0.1, -0.05) is 47.7 Å². The third kappa shape index (κ3) is 10.5. The highest BCUT2D eigenvalue weighted by atomic mass is 32.1. The Bertz CT molecular complexity index is 3390. The predicted octanol–water partition coefficient (Wildman–Crippen LogP) is 8.87. The molecule has 0 spiro atoms. The number of nitrogens with one attached hydrogen (secondary N) is 3. The fourth-order valence-corrected chi connectivity index (χ4v) is 12.3. The number of rotatable bonds is 14. The number of aromatic nitrogens is 4. The van der Waals surface area contributed by atoms with Crippen molar-refractivity contribution in [2.24, 2.45) is 7.05 Å². The van der Waals surface area contributed by atoms with Gasteiger partial charge in [-0.25, -0.2) is 14.8 Å². The zero-order valence-corrected chi connectivity index (χ0v) is 44.1. The molecule has 0 saturated carbocycles. The quantitative estimate of drug-likeness (QED) is 0.0531. The van der Waals surface area contributed by atoms with E-state index in [1.54, 1.807) is 4.68 Å². The van der Waals surface area contributed by atoms with Crippen molar-refractivity contribution >= 4 is 78.7 Å². The topological polar surface area (TPSA) is 199 Å². The van der Waals surface area contributed by atoms with E-state index < -0.39 is 17.5 Å². The number of para-hydroxylation sites is 1. The number of pyridine rings is 1. The van der Waals surface area contributed by atoms with Gasteiger partial charge < -0.3 is 24.4 Å². The maximum atomic E-state index is 14.1. The third-order valence-electron chi connectivity index (χ3n) is 15.0. The SMILES string of the molecule is Cc1c(OCCOC2C[C@H]3CC[C@@H](C2)N3CC(=O)Nc2ccc3c(C4CCC(=O)NC4=O)nn(C)c3c2)cccc1-c1ccc(N2CCc3cccc(C(=O)Nc4nc5ccccc5s4)c3C2)nc1C(=O)OC(C)(C)C. The number of carbonyl (C=O) groups is 5. The second-order valence-corrected chi connectivity index (χ2v) is 22.2. The van der Waals surface area contributed by atoms with Crippen LogP contribution in [0.15, 0.2) is 91.0 Å². The van der Waals surface area contributed by atoms with Gasteiger partial charge >= 0.3 is 5.97 Å². The monoisotopic (exact) mass is 1040 g/mol. The number of nitrogens with zero attached hydrogens (tertiary/aromatic N) is 6. The molecule has 392 valence electrons. The van der Waals surface area contributed by atoms with Crippen LogP contribution in [0, 0.1) is 6.92 Å². The molecule has 11 rings (SSSR count). The standard InChI is InChI=1S/C58H61N9O8S/c1-33-39(40-20-22-49(61-53(40)56(72)75-58(2,3)4)66-25-24-34-10-8-12-41(44(34)31-66)54(70)63-57-60-45-13-6-7-15-48(45)76-57)11-9-14-47(33)74-27-26-73-38-29-36-17-18-37(30-38)67(36)32-51(69)59-35-16-19-42-46(28-35)65(5)64-52(42)43-21-23-50(68)62-55(43)71/h6-16,19-20,22,28,36-38,43H,17-18,21,23-27,29-32H2,1-5H3,(H,59,69)(H,60,63,70)(H,62,68,71)/t36-,37+,38?,43?. The van der Waals surface area contributed by atoms with E-state index >= 15 is 0 Å². The van der Waals surface area contributed by atoms with Gasteiger partial charge in [-0.15, -0.1) is 0 Å². The molecule has 4 atom stereocenters. The van der Waals surface area contributed by atoms with Gasteiger partial charge in [0, 0.05) is 60.8 Å². The van der Waals surface area contributed by atoms with Crippen LogP contribution in [0.25, 0.3) is 32.2 Å². The average molecular weight is 1040 g/mol. The summed E-state index contributed by atoms with van der Waals surface area (Å²) in [6, 6.07) is 29.3. The molecule has 76 heavy (non-hydrogen) atoms. The first-order valence-corrected chi connectivity index (χ1v) is 26.9. The Hall–Kier alpha value is -7.54. The first kappa shape index (κ1) is 50.6. The molecule has 0 radical (unpaired) electrons. The predicted molar refractivity (Wildman–Crippen MR) is 291 cm³/mol. The normalized spacial score (nSPS) is 19.6. The zero-order valence-electron chi connectivity index (χ0n) is 43.3. The van der Waals surface area contributed by atoms with Gasteiger partial charge in [0.05, 0.1) is 46.6 Å². The van der Waals surface area contributed by atoms with Gasteiger partial charge in [0.2, 0.25) is 17.7 Å². The van der Waals surface area contributed by atoms with E-state index in [0.29, 0.717) is 78.4 Å². The van der Waals surface area contributed by atoms with E-state index in [1.165, 1.54) is 11.3 Å². The summed E-state index contributed by atoms with van der Waals surface area (Å²) in [4.78, 5) is 79.8. The second kappa shape index (κ2) is 20.9. The Morgan fingerprint density at radius 3 is 2.45 bits per heavy atom. The molecule has 4 aromatic carbocycles. The molecule has 2 unspecified atom stereocenters. The molecule has 3 saturated heterocycles. The van der Waals surface area contributed by atoms with Crippen LogP contribution in [0.1, 0.15) is 108 Å². The van der Waals surface area contributed by atoms with Crippen molar-refractivity contribution in [1.82, 2.24) is 30.0 Å². The summed E-state index contributed by atoms with van der Waals surface area (Å²) in [5.41, 5.74) is 7.17. The van der Waals surface area contributed by atoms with Gasteiger partial charge in [0.1, 0.15) is 23.8 Å². The Kier molecular flexibility index (Phi) is 13.9. The lowest BCUT2D eigenvalue weighted by Crippen LogP contribution is -2.48. The Morgan fingerprint density at radius 2 is 1.66 bits per heavy atom. The molecule has 3 fully saturated rings. The maximum absolute atomic E-state index is 14.1. The number of benzene rings is 4. The first-order valence-electron chi connectivity index (χ1n) is 26.1. The lowest BCUT2D eigenvalue weighted by atomic mass is 9.93. The highest BCUT2D eigenvalue weighted by Crippen LogP contribution is 2.39. The number of imide groups is 1. The van der Waals surface area contributed by atoms with Gasteiger partial charge in [0.15, 0.2) is 10.8 Å². The fourth-order valence-electron chi connectivity index (χ4n) is 11.4. The van der Waals surface area contributed by atoms with Crippen LogP contribution in [0.3, 0.4) is 0 Å². The van der Waals surface area contributed by atoms with E-state index in [-0.39, 0.29) is 60.5 Å². The number of thiazole rings is 1. The number of hydrogen-bond donors (Lipinski definition) is 3. The van der Waals surface area contributed by atoms with Gasteiger partial charge in [0.25, 0.3) is 5.91 Å². The Balaban J connectivity index is 0.712. The number of esters is 1. The average Bonchev–Trinajstić information content (AvgIpc) is 4.04. The number of fused-ring (bicyclic) bond motifs is 5. The van der Waals surface area contributed by atoms with Crippen LogP contribution in [-0.2, 0) is 43.9 Å². The number of piperidine rings is 2. The highest BCUT2D eigenvalue weighted by Gasteiger charge is 2.42. The summed E-state index contributed by atoms with van der Waals surface area (Å²) in [5.74, 6) is -0.685. The van der Waals surface area contributed by atoms with Crippen LogP contribution < -0.4 is 25.6 Å². The van der Waals surface area contributed by atoms with Crippen molar-refractivity contribution in [2.45, 2.75) is 109 Å². The van der Waals surface area contributed by atoms with Crippen molar-refractivity contribution in [3.05, 3.63) is 125 Å². The van der Waals surface area contributed by atoms with Crippen molar-refractivity contribution in [1.29, 1.82) is 0 Å². The van der Waals surface area contributed by atoms with E-state index in [1.807, 2.05) is 120 Å².